The summed E-state index contributed by atoms with van der Waals surface area (Å²) in [5.74, 6) is -0.227. The third-order valence-electron chi connectivity index (χ3n) is 3.59. The van der Waals surface area contributed by atoms with Gasteiger partial charge in [-0.05, 0) is 12.8 Å². The van der Waals surface area contributed by atoms with Crippen LogP contribution in [0, 0.1) is 0 Å². The van der Waals surface area contributed by atoms with Gasteiger partial charge in [0.25, 0.3) is 0 Å². The van der Waals surface area contributed by atoms with Gasteiger partial charge in [-0.25, -0.2) is 4.79 Å². The highest BCUT2D eigenvalue weighted by Crippen LogP contribution is 2.32. The predicted octanol–water partition coefficient (Wildman–Crippen LogP) is 1.40. The standard InChI is InChI=1S/C13H21NO3/c1-4-9(5-2)17-11-7-8(13(15)16-3)6-10-12(11)14-10/h6,9-12,14H,4-5,7H2,1-3H3/t10-,11-,12-/m1/s1. The molecule has 0 bridgehead atoms. The minimum absolute atomic E-state index is 0.115. The van der Waals surface area contributed by atoms with Crippen LogP contribution >= 0.6 is 0 Å². The van der Waals surface area contributed by atoms with Crippen LogP contribution in [0.25, 0.3) is 0 Å². The molecule has 3 atom stereocenters. The minimum atomic E-state index is -0.227. The van der Waals surface area contributed by atoms with Gasteiger partial charge in [0.1, 0.15) is 0 Å². The van der Waals surface area contributed by atoms with E-state index in [1.165, 1.54) is 7.11 Å². The molecule has 0 radical (unpaired) electrons. The Labute approximate surface area is 102 Å². The van der Waals surface area contributed by atoms with Gasteiger partial charge in [0.2, 0.25) is 0 Å². The second kappa shape index (κ2) is 5.19. The van der Waals surface area contributed by atoms with E-state index in [0.717, 1.165) is 18.4 Å². The number of rotatable bonds is 5. The first-order valence-corrected chi connectivity index (χ1v) is 6.40. The van der Waals surface area contributed by atoms with Crippen LogP contribution in [0.5, 0.6) is 0 Å². The monoisotopic (exact) mass is 239 g/mol. The van der Waals surface area contributed by atoms with Crippen LogP contribution < -0.4 is 5.32 Å². The van der Waals surface area contributed by atoms with Gasteiger partial charge in [-0.2, -0.15) is 0 Å². The second-order valence-corrected chi connectivity index (χ2v) is 4.72. The molecule has 1 N–H and O–H groups in total. The number of carbonyl (C=O) groups excluding carboxylic acids is 1. The van der Waals surface area contributed by atoms with Crippen LogP contribution in [0.4, 0.5) is 0 Å². The van der Waals surface area contributed by atoms with E-state index in [2.05, 4.69) is 19.2 Å². The maximum absolute atomic E-state index is 11.5. The molecule has 0 aromatic carbocycles. The molecule has 0 unspecified atom stereocenters. The van der Waals surface area contributed by atoms with Gasteiger partial charge in [-0.15, -0.1) is 0 Å². The number of hydrogen-bond acceptors (Lipinski definition) is 4. The predicted molar refractivity (Wildman–Crippen MR) is 64.7 cm³/mol. The van der Waals surface area contributed by atoms with Crippen molar-refractivity contribution in [2.75, 3.05) is 7.11 Å². The Balaban J connectivity index is 1.98. The molecule has 0 spiro atoms. The van der Waals surface area contributed by atoms with Crippen molar-refractivity contribution in [3.63, 3.8) is 0 Å². The largest absolute Gasteiger partial charge is 0.466 e. The Morgan fingerprint density at radius 1 is 1.53 bits per heavy atom. The summed E-state index contributed by atoms with van der Waals surface area (Å²) in [7, 11) is 1.42. The van der Waals surface area contributed by atoms with Crippen LogP contribution in [0.3, 0.4) is 0 Å². The maximum Gasteiger partial charge on any atom is 0.333 e. The van der Waals surface area contributed by atoms with Crippen LogP contribution in [-0.4, -0.2) is 37.4 Å². The Hall–Kier alpha value is -0.870. The van der Waals surface area contributed by atoms with E-state index in [4.69, 9.17) is 9.47 Å². The molecule has 17 heavy (non-hydrogen) atoms. The lowest BCUT2D eigenvalue weighted by Crippen LogP contribution is -2.31. The van der Waals surface area contributed by atoms with Crippen molar-refractivity contribution in [2.24, 2.45) is 0 Å². The quantitative estimate of drug-likeness (QED) is 0.582. The zero-order chi connectivity index (χ0) is 12.4. The van der Waals surface area contributed by atoms with Gasteiger partial charge >= 0.3 is 5.97 Å². The number of methoxy groups -OCH3 is 1. The summed E-state index contributed by atoms with van der Waals surface area (Å²) >= 11 is 0. The van der Waals surface area contributed by atoms with Crippen molar-refractivity contribution in [1.29, 1.82) is 0 Å². The van der Waals surface area contributed by atoms with Crippen LogP contribution in [0.1, 0.15) is 33.1 Å². The van der Waals surface area contributed by atoms with Crippen molar-refractivity contribution in [1.82, 2.24) is 5.32 Å². The van der Waals surface area contributed by atoms with Crippen LogP contribution in [0.2, 0.25) is 0 Å². The Morgan fingerprint density at radius 2 is 2.24 bits per heavy atom. The minimum Gasteiger partial charge on any atom is -0.466 e. The molecule has 4 heteroatoms. The number of nitrogens with one attached hydrogen (secondary N) is 1. The maximum atomic E-state index is 11.5. The van der Waals surface area contributed by atoms with Crippen LogP contribution in [-0.2, 0) is 14.3 Å². The molecule has 0 amide bonds. The lowest BCUT2D eigenvalue weighted by molar-refractivity contribution is -0.137. The first-order chi connectivity index (χ1) is 8.19. The molecule has 0 aromatic heterocycles. The van der Waals surface area contributed by atoms with E-state index < -0.39 is 0 Å². The SMILES string of the molecule is CCC(CC)O[C@@H]1CC(C(=O)OC)=C[C@H]2N[C@H]21. The van der Waals surface area contributed by atoms with Crippen molar-refractivity contribution in [3.8, 4) is 0 Å². The summed E-state index contributed by atoms with van der Waals surface area (Å²) in [5, 5.41) is 3.33. The summed E-state index contributed by atoms with van der Waals surface area (Å²) < 4.78 is 10.8. The summed E-state index contributed by atoms with van der Waals surface area (Å²) in [6, 6.07) is 0.696. The normalized spacial score (nSPS) is 30.8. The average Bonchev–Trinajstić information content (AvgIpc) is 3.13. The van der Waals surface area contributed by atoms with Gasteiger partial charge < -0.3 is 14.8 Å². The number of esters is 1. The molecule has 96 valence electrons. The molecular formula is C13H21NO3. The Kier molecular flexibility index (Phi) is 3.84. The summed E-state index contributed by atoms with van der Waals surface area (Å²) in [4.78, 5) is 11.5. The zero-order valence-corrected chi connectivity index (χ0v) is 10.7. The van der Waals surface area contributed by atoms with Crippen LogP contribution in [0.15, 0.2) is 11.6 Å². The second-order valence-electron chi connectivity index (χ2n) is 4.72. The highest BCUT2D eigenvalue weighted by atomic mass is 16.5. The number of fused-ring (bicyclic) bond motifs is 1. The summed E-state index contributed by atoms with van der Waals surface area (Å²) in [5.41, 5.74) is 0.745. The molecule has 4 nitrogen and oxygen atoms in total. The summed E-state index contributed by atoms with van der Waals surface area (Å²) in [6.07, 6.45) is 5.08. The summed E-state index contributed by atoms with van der Waals surface area (Å²) in [6.45, 7) is 4.26. The van der Waals surface area contributed by atoms with Gasteiger partial charge in [0, 0.05) is 18.0 Å². The van der Waals surface area contributed by atoms with E-state index >= 15 is 0 Å². The third kappa shape index (κ3) is 2.69. The van der Waals surface area contributed by atoms with Gasteiger partial charge in [0.05, 0.1) is 25.4 Å². The van der Waals surface area contributed by atoms with E-state index in [1.807, 2.05) is 6.08 Å². The van der Waals surface area contributed by atoms with Crippen molar-refractivity contribution in [3.05, 3.63) is 11.6 Å². The topological polar surface area (TPSA) is 57.5 Å². The van der Waals surface area contributed by atoms with Gasteiger partial charge in [-0.3, -0.25) is 0 Å². The number of ether oxygens (including phenoxy) is 2. The molecule has 2 aliphatic rings. The highest BCUT2D eigenvalue weighted by Gasteiger charge is 2.46. The fraction of sp³-hybridized carbons (Fsp3) is 0.769. The molecule has 1 saturated heterocycles. The van der Waals surface area contributed by atoms with E-state index in [9.17, 15) is 4.79 Å². The first-order valence-electron chi connectivity index (χ1n) is 6.40. The smallest absolute Gasteiger partial charge is 0.333 e. The highest BCUT2D eigenvalue weighted by molar-refractivity contribution is 5.89. The Morgan fingerprint density at radius 3 is 2.82 bits per heavy atom. The van der Waals surface area contributed by atoms with E-state index in [-0.39, 0.29) is 12.1 Å². The molecule has 0 saturated carbocycles. The fourth-order valence-electron chi connectivity index (χ4n) is 2.43. The van der Waals surface area contributed by atoms with Gasteiger partial charge in [-0.1, -0.05) is 19.9 Å². The Bertz CT molecular complexity index is 323. The zero-order valence-electron chi connectivity index (χ0n) is 10.7. The van der Waals surface area contributed by atoms with E-state index in [0.29, 0.717) is 24.6 Å². The molecule has 1 aliphatic heterocycles. The molecule has 1 heterocycles. The average molecular weight is 239 g/mol. The lowest BCUT2D eigenvalue weighted by Gasteiger charge is -2.25. The van der Waals surface area contributed by atoms with Crippen molar-refractivity contribution >= 4 is 5.97 Å². The lowest BCUT2D eigenvalue weighted by atomic mass is 9.96. The number of carbonyl (C=O) groups is 1. The van der Waals surface area contributed by atoms with Crippen molar-refractivity contribution < 1.29 is 14.3 Å². The third-order valence-corrected chi connectivity index (χ3v) is 3.59. The molecule has 1 aliphatic carbocycles. The number of hydrogen-bond donors (Lipinski definition) is 1. The fourth-order valence-corrected chi connectivity index (χ4v) is 2.43. The molecule has 2 rings (SSSR count). The van der Waals surface area contributed by atoms with E-state index in [1.54, 1.807) is 0 Å². The molecule has 1 fully saturated rings. The molecule has 0 aromatic rings. The molecular weight excluding hydrogens is 218 g/mol. The van der Waals surface area contributed by atoms with Gasteiger partial charge in [0.15, 0.2) is 0 Å². The first kappa shape index (κ1) is 12.6. The van der Waals surface area contributed by atoms with Crippen molar-refractivity contribution in [2.45, 2.75) is 57.4 Å².